The van der Waals surface area contributed by atoms with Crippen molar-refractivity contribution < 1.29 is 28.8 Å². The summed E-state index contributed by atoms with van der Waals surface area (Å²) in [7, 11) is 0. The molecular formula is C23H48O6. The van der Waals surface area contributed by atoms with Gasteiger partial charge in [-0.3, -0.25) is 0 Å². The minimum Gasteiger partial charge on any atom is -0.394 e. The number of ether oxygens (including phenoxy) is 5. The fourth-order valence-electron chi connectivity index (χ4n) is 3.19. The average molecular weight is 421 g/mol. The maximum Gasteiger partial charge on any atom is 0.0701 e. The van der Waals surface area contributed by atoms with E-state index in [1.807, 2.05) is 0 Å². The van der Waals surface area contributed by atoms with Crippen LogP contribution >= 0.6 is 0 Å². The molecule has 0 heterocycles. The van der Waals surface area contributed by atoms with Gasteiger partial charge in [-0.15, -0.1) is 0 Å². The monoisotopic (exact) mass is 420 g/mol. The highest BCUT2D eigenvalue weighted by atomic mass is 16.6. The van der Waals surface area contributed by atoms with Crippen LogP contribution < -0.4 is 0 Å². The van der Waals surface area contributed by atoms with Crippen molar-refractivity contribution in [2.45, 2.75) is 65.7 Å². The molecule has 0 aromatic carbocycles. The minimum absolute atomic E-state index is 0.0479. The zero-order valence-electron chi connectivity index (χ0n) is 19.4. The number of aliphatic hydroxyl groups excluding tert-OH is 1. The lowest BCUT2D eigenvalue weighted by atomic mass is 9.90. The molecule has 0 amide bonds. The van der Waals surface area contributed by atoms with E-state index in [1.165, 1.54) is 38.5 Å². The zero-order chi connectivity index (χ0) is 21.4. The SMILES string of the molecule is CCC(CCCCCCOCCOCCOCCOCCOCCO)CC(C)C. The van der Waals surface area contributed by atoms with Crippen molar-refractivity contribution in [3.8, 4) is 0 Å². The van der Waals surface area contributed by atoms with Gasteiger partial charge in [-0.25, -0.2) is 0 Å². The Kier molecular flexibility index (Phi) is 23.8. The van der Waals surface area contributed by atoms with E-state index in [1.54, 1.807) is 0 Å². The Bertz CT molecular complexity index is 301. The number of hydrogen-bond donors (Lipinski definition) is 1. The fourth-order valence-corrected chi connectivity index (χ4v) is 3.19. The molecule has 0 bridgehead atoms. The van der Waals surface area contributed by atoms with Crippen LogP contribution in [0.5, 0.6) is 0 Å². The van der Waals surface area contributed by atoms with Gasteiger partial charge in [0.2, 0.25) is 0 Å². The summed E-state index contributed by atoms with van der Waals surface area (Å²) in [5.74, 6) is 1.74. The van der Waals surface area contributed by atoms with Crippen LogP contribution in [0.1, 0.15) is 65.7 Å². The topological polar surface area (TPSA) is 66.4 Å². The molecule has 0 saturated heterocycles. The molecule has 0 spiro atoms. The molecular weight excluding hydrogens is 372 g/mol. The Morgan fingerprint density at radius 3 is 1.48 bits per heavy atom. The van der Waals surface area contributed by atoms with Gasteiger partial charge < -0.3 is 28.8 Å². The van der Waals surface area contributed by atoms with Crippen molar-refractivity contribution in [2.75, 3.05) is 72.7 Å². The molecule has 0 radical (unpaired) electrons. The Morgan fingerprint density at radius 2 is 1.03 bits per heavy atom. The second-order valence-electron chi connectivity index (χ2n) is 7.89. The maximum atomic E-state index is 8.55. The molecule has 6 heteroatoms. The van der Waals surface area contributed by atoms with E-state index in [0.717, 1.165) is 24.9 Å². The van der Waals surface area contributed by atoms with Gasteiger partial charge in [0, 0.05) is 6.61 Å². The van der Waals surface area contributed by atoms with Crippen LogP contribution in [0.15, 0.2) is 0 Å². The molecule has 29 heavy (non-hydrogen) atoms. The number of aliphatic hydroxyl groups is 1. The minimum atomic E-state index is 0.0479. The van der Waals surface area contributed by atoms with E-state index in [9.17, 15) is 0 Å². The number of rotatable bonds is 24. The molecule has 0 aromatic heterocycles. The molecule has 0 aliphatic carbocycles. The summed E-state index contributed by atoms with van der Waals surface area (Å²) in [6.45, 7) is 12.8. The predicted octanol–water partition coefficient (Wildman–Crippen LogP) is 4.08. The van der Waals surface area contributed by atoms with Crippen LogP contribution in [0, 0.1) is 11.8 Å². The second kappa shape index (κ2) is 24.0. The molecule has 176 valence electrons. The lowest BCUT2D eigenvalue weighted by Gasteiger charge is -2.16. The van der Waals surface area contributed by atoms with Gasteiger partial charge in [0.25, 0.3) is 0 Å². The fraction of sp³-hybridized carbons (Fsp3) is 1.00. The van der Waals surface area contributed by atoms with E-state index >= 15 is 0 Å². The first-order chi connectivity index (χ1) is 14.2. The van der Waals surface area contributed by atoms with Crippen LogP contribution in [0.4, 0.5) is 0 Å². The number of hydrogen-bond acceptors (Lipinski definition) is 6. The molecule has 0 saturated carbocycles. The van der Waals surface area contributed by atoms with Crippen molar-refractivity contribution in [1.82, 2.24) is 0 Å². The third kappa shape index (κ3) is 23.9. The summed E-state index contributed by atoms with van der Waals surface area (Å²) in [4.78, 5) is 0. The first kappa shape index (κ1) is 28.8. The third-order valence-electron chi connectivity index (χ3n) is 4.76. The third-order valence-corrected chi connectivity index (χ3v) is 4.76. The molecule has 0 aliphatic heterocycles. The summed E-state index contributed by atoms with van der Waals surface area (Å²) in [6.07, 6.45) is 9.18. The Hall–Kier alpha value is -0.240. The van der Waals surface area contributed by atoms with Crippen LogP contribution in [0.2, 0.25) is 0 Å². The van der Waals surface area contributed by atoms with E-state index in [2.05, 4.69) is 20.8 Å². The zero-order valence-corrected chi connectivity index (χ0v) is 19.4. The van der Waals surface area contributed by atoms with Gasteiger partial charge in [0.1, 0.15) is 0 Å². The van der Waals surface area contributed by atoms with Crippen molar-refractivity contribution in [3.63, 3.8) is 0 Å². The van der Waals surface area contributed by atoms with E-state index in [4.69, 9.17) is 28.8 Å². The maximum absolute atomic E-state index is 8.55. The summed E-state index contributed by atoms with van der Waals surface area (Å²) in [5, 5.41) is 8.55. The summed E-state index contributed by atoms with van der Waals surface area (Å²) >= 11 is 0. The second-order valence-corrected chi connectivity index (χ2v) is 7.89. The molecule has 0 fully saturated rings. The molecule has 0 aromatic rings. The molecule has 0 rings (SSSR count). The summed E-state index contributed by atoms with van der Waals surface area (Å²) in [6, 6.07) is 0. The van der Waals surface area contributed by atoms with Gasteiger partial charge in [0.15, 0.2) is 0 Å². The largest absolute Gasteiger partial charge is 0.394 e. The molecule has 1 unspecified atom stereocenters. The van der Waals surface area contributed by atoms with Gasteiger partial charge in [-0.1, -0.05) is 52.9 Å². The van der Waals surface area contributed by atoms with Crippen molar-refractivity contribution in [1.29, 1.82) is 0 Å². The van der Waals surface area contributed by atoms with Crippen LogP contribution in [-0.2, 0) is 23.7 Å². The van der Waals surface area contributed by atoms with Gasteiger partial charge in [-0.2, -0.15) is 0 Å². The standard InChI is InChI=1S/C23H48O6/c1-4-23(21-22(2)3)9-7-5-6-8-11-25-13-15-27-17-19-29-20-18-28-16-14-26-12-10-24/h22-24H,4-21H2,1-3H3. The van der Waals surface area contributed by atoms with E-state index < -0.39 is 0 Å². The van der Waals surface area contributed by atoms with E-state index in [-0.39, 0.29) is 6.61 Å². The lowest BCUT2D eigenvalue weighted by molar-refractivity contribution is -0.0134. The molecule has 1 N–H and O–H groups in total. The Labute approximate surface area is 179 Å². The summed E-state index contributed by atoms with van der Waals surface area (Å²) in [5.41, 5.74) is 0. The van der Waals surface area contributed by atoms with Crippen molar-refractivity contribution in [2.24, 2.45) is 11.8 Å². The highest BCUT2D eigenvalue weighted by molar-refractivity contribution is 4.60. The molecule has 1 atom stereocenters. The highest BCUT2D eigenvalue weighted by Gasteiger charge is 2.08. The van der Waals surface area contributed by atoms with E-state index in [0.29, 0.717) is 59.5 Å². The molecule has 6 nitrogen and oxygen atoms in total. The van der Waals surface area contributed by atoms with Crippen molar-refractivity contribution >= 4 is 0 Å². The number of unbranched alkanes of at least 4 members (excludes halogenated alkanes) is 3. The first-order valence-corrected chi connectivity index (χ1v) is 11.7. The Morgan fingerprint density at radius 1 is 0.586 bits per heavy atom. The van der Waals surface area contributed by atoms with Gasteiger partial charge >= 0.3 is 0 Å². The van der Waals surface area contributed by atoms with Crippen LogP contribution in [-0.4, -0.2) is 77.8 Å². The van der Waals surface area contributed by atoms with Crippen LogP contribution in [0.3, 0.4) is 0 Å². The molecule has 0 aliphatic rings. The highest BCUT2D eigenvalue weighted by Crippen LogP contribution is 2.21. The van der Waals surface area contributed by atoms with Crippen LogP contribution in [0.25, 0.3) is 0 Å². The average Bonchev–Trinajstić information content (AvgIpc) is 2.71. The Balaban J connectivity index is 3.11. The lowest BCUT2D eigenvalue weighted by Crippen LogP contribution is -2.13. The van der Waals surface area contributed by atoms with Gasteiger partial charge in [0.05, 0.1) is 66.1 Å². The van der Waals surface area contributed by atoms with Gasteiger partial charge in [-0.05, 0) is 24.7 Å². The smallest absolute Gasteiger partial charge is 0.0701 e. The quantitative estimate of drug-likeness (QED) is 0.237. The normalized spacial score (nSPS) is 12.7. The predicted molar refractivity (Wildman–Crippen MR) is 118 cm³/mol. The first-order valence-electron chi connectivity index (χ1n) is 11.7. The summed E-state index contributed by atoms with van der Waals surface area (Å²) < 4.78 is 26.9. The van der Waals surface area contributed by atoms with Crippen molar-refractivity contribution in [3.05, 3.63) is 0 Å².